The van der Waals surface area contributed by atoms with Crippen LogP contribution in [-0.2, 0) is 9.59 Å². The molecule has 4 nitrogen and oxygen atoms in total. The Hall–Kier alpha value is -0.0600. The van der Waals surface area contributed by atoms with Gasteiger partial charge in [-0.2, -0.15) is 0 Å². The third kappa shape index (κ3) is 14.2. The fourth-order valence-electron chi connectivity index (χ4n) is 1.98. The van der Waals surface area contributed by atoms with Crippen LogP contribution in [0.3, 0.4) is 0 Å². The van der Waals surface area contributed by atoms with Crippen LogP contribution >= 0.6 is 0 Å². The summed E-state index contributed by atoms with van der Waals surface area (Å²) in [5, 5.41) is 13.1. The van der Waals surface area contributed by atoms with Gasteiger partial charge in [-0.25, -0.2) is 0 Å². The van der Waals surface area contributed by atoms with E-state index in [0.717, 1.165) is 19.3 Å². The largest absolute Gasteiger partial charge is 1.00 e. The third-order valence-electron chi connectivity index (χ3n) is 3.01. The van der Waals surface area contributed by atoms with Gasteiger partial charge >= 0.3 is 29.6 Å². The molecule has 0 saturated carbocycles. The van der Waals surface area contributed by atoms with Gasteiger partial charge in [-0.15, -0.1) is 0 Å². The molecule has 0 aliphatic heterocycles. The quantitative estimate of drug-likeness (QED) is 0.380. The van der Waals surface area contributed by atoms with Crippen molar-refractivity contribution in [1.29, 1.82) is 0 Å². The number of carbonyl (C=O) groups is 2. The second-order valence-electron chi connectivity index (χ2n) is 4.84. The maximum Gasteiger partial charge on any atom is 1.00 e. The molecule has 19 heavy (non-hydrogen) atoms. The Bertz CT molecular complexity index is 247. The first-order valence-corrected chi connectivity index (χ1v) is 7.06. The Morgan fingerprint density at radius 3 is 1.89 bits per heavy atom. The maximum absolute atomic E-state index is 10.8. The normalized spacial score (nSPS) is 11.5. The first-order chi connectivity index (χ1) is 8.57. The van der Waals surface area contributed by atoms with Crippen LogP contribution < -0.4 is 40.0 Å². The molecule has 5 heteroatoms. The van der Waals surface area contributed by atoms with Gasteiger partial charge in [0.05, 0.1) is 12.0 Å². The van der Waals surface area contributed by atoms with Crippen LogP contribution in [0.2, 0.25) is 0 Å². The van der Waals surface area contributed by atoms with Gasteiger partial charge in [0, 0.05) is 6.92 Å². The van der Waals surface area contributed by atoms with E-state index in [1.807, 2.05) is 0 Å². The van der Waals surface area contributed by atoms with Crippen molar-refractivity contribution in [1.82, 2.24) is 5.32 Å². The van der Waals surface area contributed by atoms with E-state index in [0.29, 0.717) is 6.42 Å². The van der Waals surface area contributed by atoms with Crippen molar-refractivity contribution in [2.75, 3.05) is 0 Å². The van der Waals surface area contributed by atoms with E-state index in [2.05, 4.69) is 12.2 Å². The minimum atomic E-state index is -1.19. The number of carboxylic acid groups (broad SMARTS) is 1. The molecule has 0 aromatic carbocycles. The number of hydrogen-bond acceptors (Lipinski definition) is 3. The van der Waals surface area contributed by atoms with E-state index >= 15 is 0 Å². The molecule has 0 radical (unpaired) electrons. The number of aliphatic carboxylic acids is 1. The van der Waals surface area contributed by atoms with Crippen LogP contribution in [0.1, 0.15) is 71.6 Å². The molecule has 1 N–H and O–H groups in total. The van der Waals surface area contributed by atoms with E-state index in [1.165, 1.54) is 39.0 Å². The van der Waals surface area contributed by atoms with Gasteiger partial charge < -0.3 is 15.2 Å². The molecule has 0 heterocycles. The molecule has 106 valence electrons. The molecule has 1 atom stereocenters. The average Bonchev–Trinajstić information content (AvgIpc) is 2.30. The Morgan fingerprint density at radius 2 is 1.47 bits per heavy atom. The summed E-state index contributed by atoms with van der Waals surface area (Å²) in [5.41, 5.74) is 0. The molecular formula is C14H26NNaO3. The summed E-state index contributed by atoms with van der Waals surface area (Å²) in [4.78, 5) is 21.5. The maximum atomic E-state index is 10.8. The standard InChI is InChI=1S/C14H27NO3.Na/c1-3-4-5-6-7-8-9-10-11-13(14(17)18)15-12(2)16;/h13H,3-11H2,1-2H3,(H,15,16)(H,17,18);/q;+1/p-1. The van der Waals surface area contributed by atoms with Crippen molar-refractivity contribution in [2.24, 2.45) is 0 Å². The average molecular weight is 279 g/mol. The zero-order valence-corrected chi connectivity index (χ0v) is 14.7. The number of amides is 1. The molecule has 0 rings (SSSR count). The van der Waals surface area contributed by atoms with Gasteiger partial charge in [0.15, 0.2) is 0 Å². The molecule has 0 aromatic heterocycles. The first kappa shape index (κ1) is 21.2. The van der Waals surface area contributed by atoms with E-state index in [9.17, 15) is 14.7 Å². The molecule has 1 amide bonds. The number of hydrogen-bond donors (Lipinski definition) is 1. The van der Waals surface area contributed by atoms with Crippen LogP contribution in [0.15, 0.2) is 0 Å². The predicted octanol–water partition coefficient (Wildman–Crippen LogP) is -1.22. The molecule has 0 spiro atoms. The van der Waals surface area contributed by atoms with Gasteiger partial charge in [0.2, 0.25) is 5.91 Å². The minimum Gasteiger partial charge on any atom is -0.548 e. The summed E-state index contributed by atoms with van der Waals surface area (Å²) in [5.74, 6) is -1.50. The second-order valence-corrected chi connectivity index (χ2v) is 4.84. The van der Waals surface area contributed by atoms with Crippen molar-refractivity contribution in [3.05, 3.63) is 0 Å². The zero-order valence-electron chi connectivity index (χ0n) is 12.7. The van der Waals surface area contributed by atoms with Crippen LogP contribution in [0.5, 0.6) is 0 Å². The molecule has 1 unspecified atom stereocenters. The third-order valence-corrected chi connectivity index (χ3v) is 3.01. The fraction of sp³-hybridized carbons (Fsp3) is 0.857. The molecule has 0 aliphatic rings. The molecule has 0 saturated heterocycles. The van der Waals surface area contributed by atoms with Gasteiger partial charge in [0.1, 0.15) is 0 Å². The SMILES string of the molecule is CCCCCCCCCCC(NC(C)=O)C(=O)[O-].[Na+]. The molecule has 0 aliphatic carbocycles. The van der Waals surface area contributed by atoms with E-state index in [4.69, 9.17) is 0 Å². The Balaban J connectivity index is 0. The van der Waals surface area contributed by atoms with Crippen LogP contribution in [0, 0.1) is 0 Å². The summed E-state index contributed by atoms with van der Waals surface area (Å²) in [6.07, 6.45) is 9.80. The second kappa shape index (κ2) is 14.4. The van der Waals surface area contributed by atoms with E-state index < -0.39 is 12.0 Å². The minimum absolute atomic E-state index is 0. The summed E-state index contributed by atoms with van der Waals surface area (Å²) < 4.78 is 0. The first-order valence-electron chi connectivity index (χ1n) is 7.06. The fourth-order valence-corrected chi connectivity index (χ4v) is 1.98. The number of carboxylic acids is 1. The monoisotopic (exact) mass is 279 g/mol. The topological polar surface area (TPSA) is 69.2 Å². The smallest absolute Gasteiger partial charge is 0.548 e. The molecule has 0 bridgehead atoms. The number of nitrogens with one attached hydrogen (secondary N) is 1. The number of unbranched alkanes of at least 4 members (excludes halogenated alkanes) is 7. The molecular weight excluding hydrogens is 253 g/mol. The van der Waals surface area contributed by atoms with E-state index in [1.54, 1.807) is 0 Å². The Kier molecular flexibility index (Phi) is 16.0. The summed E-state index contributed by atoms with van der Waals surface area (Å²) >= 11 is 0. The summed E-state index contributed by atoms with van der Waals surface area (Å²) in [6, 6.07) is -0.831. The van der Waals surface area contributed by atoms with Crippen molar-refractivity contribution in [3.63, 3.8) is 0 Å². The van der Waals surface area contributed by atoms with Crippen LogP contribution in [0.4, 0.5) is 0 Å². The zero-order chi connectivity index (χ0) is 13.8. The Labute approximate surface area is 139 Å². The molecule has 0 fully saturated rings. The number of rotatable bonds is 11. The van der Waals surface area contributed by atoms with Crippen molar-refractivity contribution in [3.8, 4) is 0 Å². The van der Waals surface area contributed by atoms with Crippen molar-refractivity contribution < 1.29 is 44.3 Å². The van der Waals surface area contributed by atoms with E-state index in [-0.39, 0.29) is 35.5 Å². The van der Waals surface area contributed by atoms with Crippen molar-refractivity contribution in [2.45, 2.75) is 77.7 Å². The predicted molar refractivity (Wildman–Crippen MR) is 69.8 cm³/mol. The van der Waals surface area contributed by atoms with Crippen LogP contribution in [0.25, 0.3) is 0 Å². The van der Waals surface area contributed by atoms with Crippen molar-refractivity contribution >= 4 is 11.9 Å². The van der Waals surface area contributed by atoms with Gasteiger partial charge in [-0.1, -0.05) is 58.3 Å². The summed E-state index contributed by atoms with van der Waals surface area (Å²) in [6.45, 7) is 3.52. The van der Waals surface area contributed by atoms with Crippen LogP contribution in [-0.4, -0.2) is 17.9 Å². The van der Waals surface area contributed by atoms with Gasteiger partial charge in [-0.3, -0.25) is 4.79 Å². The number of carbonyl (C=O) groups excluding carboxylic acids is 2. The Morgan fingerprint density at radius 1 is 1.00 bits per heavy atom. The van der Waals surface area contributed by atoms with Gasteiger partial charge in [0.25, 0.3) is 0 Å². The summed E-state index contributed by atoms with van der Waals surface area (Å²) in [7, 11) is 0. The van der Waals surface area contributed by atoms with Gasteiger partial charge in [-0.05, 0) is 6.42 Å². The molecule has 0 aromatic rings.